The van der Waals surface area contributed by atoms with Crippen molar-refractivity contribution in [1.82, 2.24) is 15.5 Å². The van der Waals surface area contributed by atoms with Crippen LogP contribution in [0.5, 0.6) is 0 Å². The third-order valence-corrected chi connectivity index (χ3v) is 4.17. The van der Waals surface area contributed by atoms with E-state index in [1.165, 1.54) is 12.8 Å². The second-order valence-electron chi connectivity index (χ2n) is 4.98. The van der Waals surface area contributed by atoms with Crippen molar-refractivity contribution < 1.29 is 0 Å². The van der Waals surface area contributed by atoms with Crippen LogP contribution in [0.3, 0.4) is 0 Å². The highest BCUT2D eigenvalue weighted by molar-refractivity contribution is 14.0. The van der Waals surface area contributed by atoms with E-state index in [4.69, 9.17) is 0 Å². The second kappa shape index (κ2) is 14.3. The molecule has 0 radical (unpaired) electrons. The summed E-state index contributed by atoms with van der Waals surface area (Å²) >= 11 is 1.84. The van der Waals surface area contributed by atoms with Crippen molar-refractivity contribution in [2.45, 2.75) is 32.7 Å². The number of rotatable bonds is 9. The third kappa shape index (κ3) is 9.28. The van der Waals surface area contributed by atoms with Gasteiger partial charge >= 0.3 is 0 Å². The van der Waals surface area contributed by atoms with E-state index in [1.54, 1.807) is 0 Å². The lowest BCUT2D eigenvalue weighted by Gasteiger charge is -2.32. The average Bonchev–Trinajstić information content (AvgIpc) is 2.41. The predicted molar refractivity (Wildman–Crippen MR) is 105 cm³/mol. The van der Waals surface area contributed by atoms with Gasteiger partial charge in [-0.25, -0.2) is 0 Å². The fourth-order valence-electron chi connectivity index (χ4n) is 2.30. The normalized spacial score (nSPS) is 13.3. The Balaban J connectivity index is 0. The lowest BCUT2D eigenvalue weighted by molar-refractivity contribution is 0.200. The quantitative estimate of drug-likeness (QED) is 0.262. The summed E-state index contributed by atoms with van der Waals surface area (Å²) in [4.78, 5) is 6.59. The van der Waals surface area contributed by atoms with Crippen molar-refractivity contribution >= 4 is 41.7 Å². The van der Waals surface area contributed by atoms with E-state index in [0.29, 0.717) is 6.04 Å². The van der Waals surface area contributed by atoms with Crippen LogP contribution in [0.25, 0.3) is 0 Å². The summed E-state index contributed by atoms with van der Waals surface area (Å²) in [5.41, 5.74) is 0. The Labute approximate surface area is 147 Å². The highest BCUT2D eigenvalue weighted by Crippen LogP contribution is 2.16. The van der Waals surface area contributed by atoms with E-state index in [-0.39, 0.29) is 24.0 Å². The summed E-state index contributed by atoms with van der Waals surface area (Å²) in [6.07, 6.45) is 4.56. The molecular formula is C14H33IN4S. The molecule has 0 aromatic carbocycles. The Hall–Kier alpha value is 0.310. The number of halogens is 1. The van der Waals surface area contributed by atoms with Crippen LogP contribution in [0.15, 0.2) is 4.99 Å². The van der Waals surface area contributed by atoms with Crippen molar-refractivity contribution in [3.05, 3.63) is 0 Å². The summed E-state index contributed by atoms with van der Waals surface area (Å²) in [6.45, 7) is 6.45. The highest BCUT2D eigenvalue weighted by Gasteiger charge is 2.20. The Morgan fingerprint density at radius 3 is 2.20 bits per heavy atom. The van der Waals surface area contributed by atoms with Gasteiger partial charge in [-0.05, 0) is 26.3 Å². The molecule has 2 N–H and O–H groups in total. The van der Waals surface area contributed by atoms with Crippen LogP contribution in [0.1, 0.15) is 26.7 Å². The van der Waals surface area contributed by atoms with Gasteiger partial charge in [0.15, 0.2) is 5.96 Å². The van der Waals surface area contributed by atoms with Crippen molar-refractivity contribution in [2.75, 3.05) is 46.2 Å². The summed E-state index contributed by atoms with van der Waals surface area (Å²) in [5.74, 6) is 2.74. The molecule has 0 heterocycles. The first-order chi connectivity index (χ1) is 9.10. The zero-order valence-electron chi connectivity index (χ0n) is 13.9. The maximum atomic E-state index is 4.27. The molecule has 20 heavy (non-hydrogen) atoms. The number of hydrogen-bond donors (Lipinski definition) is 2. The first kappa shape index (κ1) is 22.6. The maximum Gasteiger partial charge on any atom is 0.191 e. The van der Waals surface area contributed by atoms with E-state index in [9.17, 15) is 0 Å². The fraction of sp³-hybridized carbons (Fsp3) is 0.929. The van der Waals surface area contributed by atoms with Crippen LogP contribution >= 0.6 is 35.7 Å². The predicted octanol–water partition coefficient (Wildman–Crippen LogP) is 2.50. The SMILES string of the molecule is CCC(CC)C(CNC(=NC)NCCSC)N(C)C.I. The monoisotopic (exact) mass is 416 g/mol. The second-order valence-corrected chi connectivity index (χ2v) is 5.97. The Kier molecular flexibility index (Phi) is 16.1. The molecule has 1 unspecified atom stereocenters. The minimum atomic E-state index is 0. The molecule has 1 atom stereocenters. The van der Waals surface area contributed by atoms with Gasteiger partial charge in [0.1, 0.15) is 0 Å². The van der Waals surface area contributed by atoms with Crippen molar-refractivity contribution in [3.8, 4) is 0 Å². The van der Waals surface area contributed by atoms with Crippen LogP contribution in [0.2, 0.25) is 0 Å². The number of thioether (sulfide) groups is 1. The van der Waals surface area contributed by atoms with Gasteiger partial charge in [-0.2, -0.15) is 11.8 Å². The van der Waals surface area contributed by atoms with Gasteiger partial charge in [0.2, 0.25) is 0 Å². The van der Waals surface area contributed by atoms with Crippen molar-refractivity contribution in [3.63, 3.8) is 0 Å². The number of guanidine groups is 1. The standard InChI is InChI=1S/C14H32N4S.HI/c1-7-12(8-2)13(18(4)5)11-17-14(15-3)16-9-10-19-6;/h12-13H,7-11H2,1-6H3,(H2,15,16,17);1H. The zero-order chi connectivity index (χ0) is 14.7. The molecule has 0 saturated heterocycles. The van der Waals surface area contributed by atoms with E-state index in [0.717, 1.165) is 30.7 Å². The lowest BCUT2D eigenvalue weighted by atomic mass is 9.93. The van der Waals surface area contributed by atoms with Crippen molar-refractivity contribution in [2.24, 2.45) is 10.9 Å². The summed E-state index contributed by atoms with van der Waals surface area (Å²) in [5, 5.41) is 6.79. The van der Waals surface area contributed by atoms with Gasteiger partial charge in [0, 0.05) is 31.9 Å². The molecule has 122 valence electrons. The molecule has 0 spiro atoms. The number of nitrogens with one attached hydrogen (secondary N) is 2. The van der Waals surface area contributed by atoms with Crippen LogP contribution in [-0.4, -0.2) is 63.1 Å². The number of aliphatic imine (C=N–C) groups is 1. The topological polar surface area (TPSA) is 39.7 Å². The molecule has 0 fully saturated rings. The fourth-order valence-corrected chi connectivity index (χ4v) is 2.60. The molecule has 0 aliphatic heterocycles. The van der Waals surface area contributed by atoms with Crippen LogP contribution < -0.4 is 10.6 Å². The summed E-state index contributed by atoms with van der Waals surface area (Å²) in [6, 6.07) is 0.550. The molecular weight excluding hydrogens is 383 g/mol. The van der Waals surface area contributed by atoms with Gasteiger partial charge in [0.05, 0.1) is 0 Å². The summed E-state index contributed by atoms with van der Waals surface area (Å²) < 4.78 is 0. The first-order valence-electron chi connectivity index (χ1n) is 7.20. The molecule has 0 amide bonds. The average molecular weight is 416 g/mol. The summed E-state index contributed by atoms with van der Waals surface area (Å²) in [7, 11) is 6.15. The molecule has 0 aromatic rings. The Morgan fingerprint density at radius 2 is 1.80 bits per heavy atom. The molecule has 0 aromatic heterocycles. The van der Waals surface area contributed by atoms with Gasteiger partial charge in [-0.3, -0.25) is 4.99 Å². The van der Waals surface area contributed by atoms with Crippen LogP contribution in [0.4, 0.5) is 0 Å². The number of likely N-dealkylation sites (N-methyl/N-ethyl adjacent to an activating group) is 1. The van der Waals surface area contributed by atoms with E-state index < -0.39 is 0 Å². The minimum absolute atomic E-state index is 0. The maximum absolute atomic E-state index is 4.27. The molecule has 0 bridgehead atoms. The van der Waals surface area contributed by atoms with E-state index in [2.05, 4.69) is 54.7 Å². The highest BCUT2D eigenvalue weighted by atomic mass is 127. The Morgan fingerprint density at radius 1 is 1.20 bits per heavy atom. The van der Waals surface area contributed by atoms with Gasteiger partial charge in [0.25, 0.3) is 0 Å². The molecule has 6 heteroatoms. The lowest BCUT2D eigenvalue weighted by Crippen LogP contribution is -2.48. The molecule has 0 saturated carbocycles. The van der Waals surface area contributed by atoms with Crippen molar-refractivity contribution in [1.29, 1.82) is 0 Å². The Bertz CT molecular complexity index is 245. The molecule has 4 nitrogen and oxygen atoms in total. The van der Waals surface area contributed by atoms with Gasteiger partial charge in [-0.15, -0.1) is 24.0 Å². The van der Waals surface area contributed by atoms with E-state index >= 15 is 0 Å². The smallest absolute Gasteiger partial charge is 0.191 e. The number of hydrogen-bond acceptors (Lipinski definition) is 3. The van der Waals surface area contributed by atoms with E-state index in [1.807, 2.05) is 18.8 Å². The largest absolute Gasteiger partial charge is 0.356 e. The van der Waals surface area contributed by atoms with Crippen LogP contribution in [-0.2, 0) is 0 Å². The first-order valence-corrected chi connectivity index (χ1v) is 8.59. The zero-order valence-corrected chi connectivity index (χ0v) is 17.0. The third-order valence-electron chi connectivity index (χ3n) is 3.56. The molecule has 0 aliphatic rings. The number of nitrogens with zero attached hydrogens (tertiary/aromatic N) is 2. The minimum Gasteiger partial charge on any atom is -0.356 e. The van der Waals surface area contributed by atoms with Gasteiger partial charge < -0.3 is 15.5 Å². The van der Waals surface area contributed by atoms with Gasteiger partial charge in [-0.1, -0.05) is 26.7 Å². The molecule has 0 aliphatic carbocycles. The molecule has 0 rings (SSSR count). The van der Waals surface area contributed by atoms with Crippen LogP contribution in [0, 0.1) is 5.92 Å².